The van der Waals surface area contributed by atoms with Crippen molar-refractivity contribution in [3.8, 4) is 11.1 Å². The van der Waals surface area contributed by atoms with Gasteiger partial charge in [0.25, 0.3) is 0 Å². The summed E-state index contributed by atoms with van der Waals surface area (Å²) in [6, 6.07) is 23.2. The van der Waals surface area contributed by atoms with Crippen molar-refractivity contribution in [2.45, 2.75) is 44.6 Å². The number of fused-ring (bicyclic) bond motifs is 1. The zero-order valence-electron chi connectivity index (χ0n) is 20.0. The van der Waals surface area contributed by atoms with Crippen molar-refractivity contribution < 1.29 is 19.6 Å². The molecule has 2 aliphatic rings. The molecule has 0 spiro atoms. The van der Waals surface area contributed by atoms with Gasteiger partial charge < -0.3 is 10.6 Å². The first-order valence-electron chi connectivity index (χ1n) is 12.0. The summed E-state index contributed by atoms with van der Waals surface area (Å²) in [6.07, 6.45) is 3.10. The molecule has 0 aromatic heterocycles. The maximum Gasteiger partial charge on any atom is 0.244 e. The number of nitrogens with one attached hydrogen (secondary N) is 3. The SMILES string of the molecule is CNC(=O)[C@H](Cc1ccccc1)NC(=O)[C@H](CCCCc1ccc2cccccc1-2)CC(=O)NO. The van der Waals surface area contributed by atoms with Gasteiger partial charge in [-0.15, -0.1) is 0 Å². The average molecular weight is 476 g/mol. The predicted molar refractivity (Wildman–Crippen MR) is 135 cm³/mol. The van der Waals surface area contributed by atoms with Crippen LogP contribution in [0.25, 0.3) is 11.1 Å². The molecule has 0 bridgehead atoms. The van der Waals surface area contributed by atoms with E-state index in [-0.39, 0.29) is 18.2 Å². The highest BCUT2D eigenvalue weighted by Crippen LogP contribution is 2.28. The number of carbonyl (C=O) groups is 3. The van der Waals surface area contributed by atoms with E-state index in [2.05, 4.69) is 34.9 Å². The molecular weight excluding hydrogens is 442 g/mol. The Hall–Kier alpha value is -3.71. The number of hydrogen-bond donors (Lipinski definition) is 4. The van der Waals surface area contributed by atoms with Crippen molar-refractivity contribution in [2.75, 3.05) is 7.05 Å². The summed E-state index contributed by atoms with van der Waals surface area (Å²) in [4.78, 5) is 37.4. The molecule has 1 aromatic carbocycles. The van der Waals surface area contributed by atoms with Crippen molar-refractivity contribution in [2.24, 2.45) is 5.92 Å². The van der Waals surface area contributed by atoms with E-state index in [1.165, 1.54) is 23.7 Å². The number of amides is 3. The van der Waals surface area contributed by atoms with Gasteiger partial charge in [-0.3, -0.25) is 19.6 Å². The molecule has 184 valence electrons. The van der Waals surface area contributed by atoms with Crippen molar-refractivity contribution in [1.29, 1.82) is 0 Å². The van der Waals surface area contributed by atoms with Crippen molar-refractivity contribution in [1.82, 2.24) is 16.1 Å². The Morgan fingerprint density at radius 2 is 1.57 bits per heavy atom. The maximum absolute atomic E-state index is 13.1. The molecule has 3 rings (SSSR count). The van der Waals surface area contributed by atoms with E-state index in [1.807, 2.05) is 48.5 Å². The smallest absolute Gasteiger partial charge is 0.244 e. The number of hydrogen-bond acceptors (Lipinski definition) is 4. The van der Waals surface area contributed by atoms with Gasteiger partial charge in [-0.05, 0) is 41.5 Å². The molecule has 2 aliphatic carbocycles. The zero-order chi connectivity index (χ0) is 25.0. The number of hydroxylamine groups is 1. The number of likely N-dealkylation sites (N-methyl/N-ethyl adjacent to an activating group) is 1. The molecule has 2 atom stereocenters. The second kappa shape index (κ2) is 13.2. The summed E-state index contributed by atoms with van der Waals surface area (Å²) in [5.74, 6) is -1.95. The highest BCUT2D eigenvalue weighted by Gasteiger charge is 2.27. The fourth-order valence-electron chi connectivity index (χ4n) is 4.32. The lowest BCUT2D eigenvalue weighted by Crippen LogP contribution is -2.49. The molecule has 4 N–H and O–H groups in total. The predicted octanol–water partition coefficient (Wildman–Crippen LogP) is 3.49. The standard InChI is InChI=1S/C28H33N3O4/c1-29-28(34)25(18-20-10-4-2-5-11-20)30-27(33)23(19-26(32)31-35)14-9-8-13-22-17-16-21-12-6-3-7-15-24(21)22/h2-7,10-12,15-17,23,25,35H,8-9,13-14,18-19H2,1H3,(H,29,34)(H,30,33)(H,31,32)/t23-,25+/m1/s1. The largest absolute Gasteiger partial charge is 0.357 e. The Labute approximate surface area is 206 Å². The minimum atomic E-state index is -0.758. The molecule has 1 aromatic rings. The third kappa shape index (κ3) is 7.65. The van der Waals surface area contributed by atoms with Gasteiger partial charge in [-0.25, -0.2) is 5.48 Å². The number of aryl methyl sites for hydroxylation is 1. The Morgan fingerprint density at radius 1 is 0.857 bits per heavy atom. The first-order valence-corrected chi connectivity index (χ1v) is 12.0. The van der Waals surface area contributed by atoms with Crippen LogP contribution in [0.15, 0.2) is 72.8 Å². The van der Waals surface area contributed by atoms with Crippen LogP contribution in [0.1, 0.15) is 36.8 Å². The van der Waals surface area contributed by atoms with Gasteiger partial charge in [-0.2, -0.15) is 0 Å². The van der Waals surface area contributed by atoms with Gasteiger partial charge in [0.15, 0.2) is 0 Å². The summed E-state index contributed by atoms with van der Waals surface area (Å²) in [5.41, 5.74) is 6.21. The van der Waals surface area contributed by atoms with Crippen molar-refractivity contribution in [3.63, 3.8) is 0 Å². The molecule has 0 aliphatic heterocycles. The van der Waals surface area contributed by atoms with Gasteiger partial charge >= 0.3 is 0 Å². The second-order valence-electron chi connectivity index (χ2n) is 8.69. The number of rotatable bonds is 12. The summed E-state index contributed by atoms with van der Waals surface area (Å²) in [5, 5.41) is 14.4. The first kappa shape index (κ1) is 25.9. The molecular formula is C28H33N3O4. The third-order valence-electron chi connectivity index (χ3n) is 6.22. The van der Waals surface area contributed by atoms with Crippen LogP contribution < -0.4 is 16.1 Å². The van der Waals surface area contributed by atoms with Crippen LogP contribution >= 0.6 is 0 Å². The molecule has 0 unspecified atom stereocenters. The quantitative estimate of drug-likeness (QED) is 0.183. The topological polar surface area (TPSA) is 108 Å². The van der Waals surface area contributed by atoms with Crippen molar-refractivity contribution >= 4 is 17.7 Å². The Morgan fingerprint density at radius 3 is 2.29 bits per heavy atom. The van der Waals surface area contributed by atoms with E-state index >= 15 is 0 Å². The van der Waals surface area contributed by atoms with Crippen LogP contribution in [-0.4, -0.2) is 36.0 Å². The molecule has 7 nitrogen and oxygen atoms in total. The normalized spacial score (nSPS) is 12.5. The minimum absolute atomic E-state index is 0.150. The highest BCUT2D eigenvalue weighted by atomic mass is 16.5. The minimum Gasteiger partial charge on any atom is -0.357 e. The van der Waals surface area contributed by atoms with Crippen LogP contribution in [0.4, 0.5) is 0 Å². The fraction of sp³-hybridized carbons (Fsp3) is 0.321. The molecule has 3 amide bonds. The van der Waals surface area contributed by atoms with E-state index in [9.17, 15) is 14.4 Å². The lowest BCUT2D eigenvalue weighted by atomic mass is 9.94. The average Bonchev–Trinajstić information content (AvgIpc) is 3.10. The lowest BCUT2D eigenvalue weighted by Gasteiger charge is -2.22. The second-order valence-corrected chi connectivity index (χ2v) is 8.69. The lowest BCUT2D eigenvalue weighted by molar-refractivity contribution is -0.136. The first-order chi connectivity index (χ1) is 17.0. The van der Waals surface area contributed by atoms with E-state index in [0.717, 1.165) is 24.8 Å². The molecule has 0 heterocycles. The fourth-order valence-corrected chi connectivity index (χ4v) is 4.32. The summed E-state index contributed by atoms with van der Waals surface area (Å²) < 4.78 is 0. The Balaban J connectivity index is 1.60. The van der Waals surface area contributed by atoms with Gasteiger partial charge in [0.1, 0.15) is 6.04 Å². The van der Waals surface area contributed by atoms with Crippen LogP contribution in [0.5, 0.6) is 0 Å². The van der Waals surface area contributed by atoms with Gasteiger partial charge in [-0.1, -0.05) is 79.2 Å². The summed E-state index contributed by atoms with van der Waals surface area (Å²) in [7, 11) is 1.52. The third-order valence-corrected chi connectivity index (χ3v) is 6.22. The van der Waals surface area contributed by atoms with Crippen LogP contribution in [-0.2, 0) is 27.2 Å². The van der Waals surface area contributed by atoms with Gasteiger partial charge in [0, 0.05) is 25.8 Å². The number of carbonyl (C=O) groups excluding carboxylic acids is 3. The van der Waals surface area contributed by atoms with E-state index in [1.54, 1.807) is 5.48 Å². The maximum atomic E-state index is 13.1. The summed E-state index contributed by atoms with van der Waals surface area (Å²) in [6.45, 7) is 0. The Bertz CT molecular complexity index is 1090. The molecule has 0 saturated heterocycles. The van der Waals surface area contributed by atoms with E-state index in [4.69, 9.17) is 5.21 Å². The summed E-state index contributed by atoms with van der Waals surface area (Å²) >= 11 is 0. The van der Waals surface area contributed by atoms with Crippen molar-refractivity contribution in [3.05, 3.63) is 83.9 Å². The van der Waals surface area contributed by atoms with E-state index in [0.29, 0.717) is 12.8 Å². The highest BCUT2D eigenvalue weighted by molar-refractivity contribution is 5.90. The molecule has 35 heavy (non-hydrogen) atoms. The Kier molecular flexibility index (Phi) is 9.80. The van der Waals surface area contributed by atoms with Crippen LogP contribution in [0.2, 0.25) is 0 Å². The molecule has 0 radical (unpaired) electrons. The number of unbranched alkanes of at least 4 members (excludes halogenated alkanes) is 1. The van der Waals surface area contributed by atoms with E-state index < -0.39 is 17.9 Å². The molecule has 0 saturated carbocycles. The van der Waals surface area contributed by atoms with Gasteiger partial charge in [0.2, 0.25) is 17.7 Å². The van der Waals surface area contributed by atoms with Crippen LogP contribution in [0, 0.1) is 5.92 Å². The van der Waals surface area contributed by atoms with Gasteiger partial charge in [0.05, 0.1) is 0 Å². The number of benzene rings is 1. The molecule has 0 fully saturated rings. The zero-order valence-corrected chi connectivity index (χ0v) is 20.0. The monoisotopic (exact) mass is 475 g/mol. The molecule has 7 heteroatoms. The van der Waals surface area contributed by atoms with Crippen LogP contribution in [0.3, 0.4) is 0 Å².